The summed E-state index contributed by atoms with van der Waals surface area (Å²) in [6.07, 6.45) is 3.17. The van der Waals surface area contributed by atoms with Gasteiger partial charge >= 0.3 is 0 Å². The second kappa shape index (κ2) is 8.92. The van der Waals surface area contributed by atoms with Gasteiger partial charge in [-0.05, 0) is 73.5 Å². The van der Waals surface area contributed by atoms with Crippen LogP contribution in [0, 0.1) is 11.7 Å². The van der Waals surface area contributed by atoms with Gasteiger partial charge in [0.1, 0.15) is 11.6 Å². The van der Waals surface area contributed by atoms with E-state index in [1.54, 1.807) is 35.4 Å². The van der Waals surface area contributed by atoms with Gasteiger partial charge < -0.3 is 15.2 Å². The number of carbonyl (C=O) groups is 2. The molecule has 0 radical (unpaired) electrons. The first-order chi connectivity index (χ1) is 17.5. The number of aromatic nitrogens is 4. The second-order valence-electron chi connectivity index (χ2n) is 9.08. The molecule has 0 saturated carbocycles. The Balaban J connectivity index is 1.15. The number of anilines is 1. The van der Waals surface area contributed by atoms with Crippen molar-refractivity contribution in [3.8, 4) is 11.4 Å². The van der Waals surface area contributed by atoms with Crippen LogP contribution in [0.1, 0.15) is 23.2 Å². The van der Waals surface area contributed by atoms with Gasteiger partial charge in [0, 0.05) is 35.3 Å². The molecule has 1 fully saturated rings. The molecule has 1 unspecified atom stereocenters. The van der Waals surface area contributed by atoms with Crippen molar-refractivity contribution < 1.29 is 14.0 Å². The topological polar surface area (TPSA) is 107 Å². The number of piperidine rings is 1. The van der Waals surface area contributed by atoms with E-state index >= 15 is 0 Å². The highest BCUT2D eigenvalue weighted by Gasteiger charge is 2.29. The van der Waals surface area contributed by atoms with Crippen LogP contribution in [0.3, 0.4) is 0 Å². The maximum atomic E-state index is 13.2. The van der Waals surface area contributed by atoms with Crippen LogP contribution < -0.4 is 5.32 Å². The number of carbonyl (C=O) groups excluding carboxylic acids is 2. The normalized spacial score (nSPS) is 15.9. The molecule has 5 aromatic rings. The first-order valence-electron chi connectivity index (χ1n) is 11.8. The van der Waals surface area contributed by atoms with Crippen LogP contribution in [0.25, 0.3) is 33.3 Å². The van der Waals surface area contributed by atoms with Crippen LogP contribution >= 0.6 is 0 Å². The molecule has 3 heterocycles. The van der Waals surface area contributed by atoms with E-state index < -0.39 is 0 Å². The summed E-state index contributed by atoms with van der Waals surface area (Å²) in [5.41, 5.74) is 4.40. The first-order valence-corrected chi connectivity index (χ1v) is 11.8. The molecular weight excluding hydrogens is 459 g/mol. The van der Waals surface area contributed by atoms with E-state index in [-0.39, 0.29) is 23.5 Å². The minimum absolute atomic E-state index is 0.0807. The molecular formula is C27H23FN6O2. The predicted octanol–water partition coefficient (Wildman–Crippen LogP) is 4.74. The molecule has 0 spiro atoms. The summed E-state index contributed by atoms with van der Waals surface area (Å²) in [5, 5.41) is 10.8. The third-order valence-electron chi connectivity index (χ3n) is 6.63. The maximum absolute atomic E-state index is 13.2. The van der Waals surface area contributed by atoms with E-state index in [0.29, 0.717) is 30.2 Å². The highest BCUT2D eigenvalue weighted by Crippen LogP contribution is 2.25. The summed E-state index contributed by atoms with van der Waals surface area (Å²) in [5.74, 6) is -0.170. The maximum Gasteiger partial charge on any atom is 0.253 e. The second-order valence-corrected chi connectivity index (χ2v) is 9.08. The van der Waals surface area contributed by atoms with E-state index in [1.807, 2.05) is 24.3 Å². The number of aromatic amines is 2. The Morgan fingerprint density at radius 3 is 2.75 bits per heavy atom. The van der Waals surface area contributed by atoms with Crippen LogP contribution in [0.15, 0.2) is 66.9 Å². The molecule has 0 aliphatic carbocycles. The number of nitrogens with one attached hydrogen (secondary N) is 3. The third-order valence-corrected chi connectivity index (χ3v) is 6.63. The highest BCUT2D eigenvalue weighted by atomic mass is 19.1. The molecule has 1 aliphatic rings. The van der Waals surface area contributed by atoms with Gasteiger partial charge in [0.15, 0.2) is 0 Å². The van der Waals surface area contributed by atoms with Crippen LogP contribution in [0.4, 0.5) is 10.1 Å². The molecule has 1 atom stereocenters. The van der Waals surface area contributed by atoms with Gasteiger partial charge in [-0.3, -0.25) is 14.7 Å². The van der Waals surface area contributed by atoms with Crippen molar-refractivity contribution >= 4 is 39.4 Å². The quantitative estimate of drug-likeness (QED) is 0.344. The summed E-state index contributed by atoms with van der Waals surface area (Å²) in [4.78, 5) is 35.7. The highest BCUT2D eigenvalue weighted by molar-refractivity contribution is 5.99. The average molecular weight is 483 g/mol. The Bertz CT molecular complexity index is 1590. The van der Waals surface area contributed by atoms with Crippen LogP contribution in [-0.2, 0) is 4.79 Å². The summed E-state index contributed by atoms with van der Waals surface area (Å²) >= 11 is 0. The molecule has 3 aromatic carbocycles. The van der Waals surface area contributed by atoms with Crippen molar-refractivity contribution in [3.05, 3.63) is 78.2 Å². The Kier molecular flexibility index (Phi) is 5.44. The number of nitrogens with zero attached hydrogens (tertiary/aromatic N) is 3. The van der Waals surface area contributed by atoms with Crippen LogP contribution in [0.2, 0.25) is 0 Å². The molecule has 36 heavy (non-hydrogen) atoms. The number of likely N-dealkylation sites (tertiary alicyclic amines) is 1. The molecule has 3 N–H and O–H groups in total. The summed E-state index contributed by atoms with van der Waals surface area (Å²) in [7, 11) is 0. The van der Waals surface area contributed by atoms with E-state index in [2.05, 4.69) is 25.5 Å². The monoisotopic (exact) mass is 482 g/mol. The fourth-order valence-corrected chi connectivity index (χ4v) is 4.71. The predicted molar refractivity (Wildman–Crippen MR) is 135 cm³/mol. The van der Waals surface area contributed by atoms with Crippen LogP contribution in [0.5, 0.6) is 0 Å². The fourth-order valence-electron chi connectivity index (χ4n) is 4.71. The van der Waals surface area contributed by atoms with Gasteiger partial charge in [0.05, 0.1) is 28.7 Å². The van der Waals surface area contributed by atoms with Crippen molar-refractivity contribution in [1.29, 1.82) is 0 Å². The number of benzene rings is 3. The number of halogens is 1. The molecule has 6 rings (SSSR count). The molecule has 9 heteroatoms. The Morgan fingerprint density at radius 1 is 1.03 bits per heavy atom. The average Bonchev–Trinajstić information content (AvgIpc) is 3.55. The van der Waals surface area contributed by atoms with E-state index in [0.717, 1.165) is 40.3 Å². The van der Waals surface area contributed by atoms with Gasteiger partial charge in [-0.1, -0.05) is 0 Å². The Labute approximate surface area is 205 Å². The zero-order chi connectivity index (χ0) is 24.6. The lowest BCUT2D eigenvalue weighted by atomic mass is 9.96. The number of hydrogen-bond donors (Lipinski definition) is 3. The summed E-state index contributed by atoms with van der Waals surface area (Å²) < 4.78 is 13.2. The van der Waals surface area contributed by atoms with Gasteiger partial charge in [0.2, 0.25) is 5.91 Å². The zero-order valence-corrected chi connectivity index (χ0v) is 19.3. The molecule has 2 aromatic heterocycles. The molecule has 0 bridgehead atoms. The minimum Gasteiger partial charge on any atom is -0.338 e. The SMILES string of the molecule is O=C(Nc1ccc2nc(-c3ccc(F)cc3)[nH]c2c1)C1CCCN(C(=O)c2ccc3[nH]ncc3c2)C1. The Hall–Kier alpha value is -4.53. The van der Waals surface area contributed by atoms with E-state index in [9.17, 15) is 14.0 Å². The van der Waals surface area contributed by atoms with Crippen molar-refractivity contribution in [2.24, 2.45) is 5.92 Å². The van der Waals surface area contributed by atoms with Crippen LogP contribution in [-0.4, -0.2) is 50.0 Å². The van der Waals surface area contributed by atoms with Gasteiger partial charge in [-0.2, -0.15) is 5.10 Å². The number of rotatable bonds is 4. The van der Waals surface area contributed by atoms with Crippen molar-refractivity contribution in [3.63, 3.8) is 0 Å². The standard InChI is InChI=1S/C27H23FN6O2/c28-20-6-3-16(4-7-20)25-31-23-10-8-21(13-24(23)32-25)30-26(35)18-2-1-11-34(15-18)27(36)17-5-9-22-19(12-17)14-29-33-22/h3-10,12-14,18H,1-2,11,15H2,(H,29,33)(H,30,35)(H,31,32). The van der Waals surface area contributed by atoms with E-state index in [4.69, 9.17) is 0 Å². The molecule has 8 nitrogen and oxygen atoms in total. The number of fused-ring (bicyclic) bond motifs is 2. The summed E-state index contributed by atoms with van der Waals surface area (Å²) in [6.45, 7) is 0.993. The molecule has 180 valence electrons. The zero-order valence-electron chi connectivity index (χ0n) is 19.3. The van der Waals surface area contributed by atoms with Gasteiger partial charge in [-0.15, -0.1) is 0 Å². The lowest BCUT2D eigenvalue weighted by molar-refractivity contribution is -0.121. The Morgan fingerprint density at radius 2 is 1.89 bits per heavy atom. The fraction of sp³-hybridized carbons (Fsp3) is 0.185. The minimum atomic E-state index is -0.304. The molecule has 1 aliphatic heterocycles. The number of hydrogen-bond acceptors (Lipinski definition) is 4. The van der Waals surface area contributed by atoms with Gasteiger partial charge in [0.25, 0.3) is 5.91 Å². The van der Waals surface area contributed by atoms with E-state index in [1.165, 1.54) is 12.1 Å². The lowest BCUT2D eigenvalue weighted by Crippen LogP contribution is -2.43. The smallest absolute Gasteiger partial charge is 0.253 e. The largest absolute Gasteiger partial charge is 0.338 e. The lowest BCUT2D eigenvalue weighted by Gasteiger charge is -2.32. The van der Waals surface area contributed by atoms with Crippen molar-refractivity contribution in [2.45, 2.75) is 12.8 Å². The first kappa shape index (κ1) is 22.0. The van der Waals surface area contributed by atoms with Crippen molar-refractivity contribution in [1.82, 2.24) is 25.1 Å². The molecule has 2 amide bonds. The summed E-state index contributed by atoms with van der Waals surface area (Å²) in [6, 6.07) is 17.0. The molecule has 1 saturated heterocycles. The van der Waals surface area contributed by atoms with Gasteiger partial charge in [-0.25, -0.2) is 9.37 Å². The number of H-pyrrole nitrogens is 2. The van der Waals surface area contributed by atoms with Crippen molar-refractivity contribution in [2.75, 3.05) is 18.4 Å². The third kappa shape index (κ3) is 4.19. The number of amides is 2. The number of imidazole rings is 1.